The zero-order valence-corrected chi connectivity index (χ0v) is 18.4. The number of aromatic nitrogens is 1. The van der Waals surface area contributed by atoms with Gasteiger partial charge in [-0.1, -0.05) is 29.8 Å². The van der Waals surface area contributed by atoms with Gasteiger partial charge in [0.2, 0.25) is 0 Å². The third-order valence-electron chi connectivity index (χ3n) is 5.31. The number of rotatable bonds is 6. The first-order chi connectivity index (χ1) is 15.9. The van der Waals surface area contributed by atoms with E-state index in [1.807, 2.05) is 6.92 Å². The van der Waals surface area contributed by atoms with Crippen molar-refractivity contribution in [3.05, 3.63) is 100 Å². The van der Waals surface area contributed by atoms with Gasteiger partial charge in [-0.25, -0.2) is 4.39 Å². The molecule has 2 heterocycles. The summed E-state index contributed by atoms with van der Waals surface area (Å²) in [6.45, 7) is 2.28. The lowest BCUT2D eigenvalue weighted by atomic mass is 9.95. The number of Topliss-reactive ketones (excluding diaryl/α,β-unsaturated/α-hetero) is 1. The lowest BCUT2D eigenvalue weighted by Crippen LogP contribution is -2.29. The van der Waals surface area contributed by atoms with Crippen molar-refractivity contribution in [1.29, 1.82) is 0 Å². The number of ether oxygens (including phenoxy) is 1. The van der Waals surface area contributed by atoms with Gasteiger partial charge < -0.3 is 14.7 Å². The monoisotopic (exact) mass is 466 g/mol. The number of carbonyl (C=O) groups is 2. The van der Waals surface area contributed by atoms with Crippen molar-refractivity contribution in [1.82, 2.24) is 9.88 Å². The number of ketones is 1. The number of benzene rings is 2. The van der Waals surface area contributed by atoms with Crippen molar-refractivity contribution >= 4 is 29.1 Å². The van der Waals surface area contributed by atoms with Crippen LogP contribution in [0.15, 0.2) is 72.6 Å². The number of halogens is 2. The Morgan fingerprint density at radius 1 is 1.18 bits per heavy atom. The first kappa shape index (κ1) is 22.5. The molecule has 4 rings (SSSR count). The number of hydrogen-bond acceptors (Lipinski definition) is 5. The van der Waals surface area contributed by atoms with Crippen molar-refractivity contribution < 1.29 is 23.8 Å². The maximum atomic E-state index is 13.6. The molecule has 1 aromatic heterocycles. The van der Waals surface area contributed by atoms with Gasteiger partial charge in [-0.3, -0.25) is 14.6 Å². The predicted molar refractivity (Wildman–Crippen MR) is 121 cm³/mol. The summed E-state index contributed by atoms with van der Waals surface area (Å²) >= 11 is 6.32. The molecule has 1 atom stereocenters. The van der Waals surface area contributed by atoms with Crippen LogP contribution in [0.4, 0.5) is 4.39 Å². The summed E-state index contributed by atoms with van der Waals surface area (Å²) in [7, 11) is 0. The molecule has 0 saturated carbocycles. The molecule has 0 bridgehead atoms. The summed E-state index contributed by atoms with van der Waals surface area (Å²) in [6, 6.07) is 12.7. The Labute approximate surface area is 194 Å². The molecule has 3 aromatic rings. The first-order valence-electron chi connectivity index (χ1n) is 10.3. The maximum Gasteiger partial charge on any atom is 0.295 e. The van der Waals surface area contributed by atoms with Gasteiger partial charge in [0.1, 0.15) is 17.3 Å². The van der Waals surface area contributed by atoms with Gasteiger partial charge in [0.05, 0.1) is 23.2 Å². The normalized spacial score (nSPS) is 17.4. The number of nitrogens with zero attached hydrogens (tertiary/aromatic N) is 2. The number of likely N-dealkylation sites (tertiary alicyclic amines) is 1. The average molecular weight is 467 g/mol. The minimum Gasteiger partial charge on any atom is -0.507 e. The van der Waals surface area contributed by atoms with Crippen LogP contribution in [0.5, 0.6) is 5.75 Å². The lowest BCUT2D eigenvalue weighted by molar-refractivity contribution is -0.140. The summed E-state index contributed by atoms with van der Waals surface area (Å²) < 4.78 is 19.1. The van der Waals surface area contributed by atoms with Crippen molar-refractivity contribution in [2.75, 3.05) is 6.61 Å². The average Bonchev–Trinajstić information content (AvgIpc) is 3.06. The van der Waals surface area contributed by atoms with Crippen LogP contribution in [0.3, 0.4) is 0 Å². The quantitative estimate of drug-likeness (QED) is 0.318. The largest absolute Gasteiger partial charge is 0.507 e. The minimum atomic E-state index is -0.947. The Bertz CT molecular complexity index is 1230. The molecule has 6 nitrogen and oxygen atoms in total. The fraction of sp³-hybridized carbons (Fsp3) is 0.160. The van der Waals surface area contributed by atoms with Crippen LogP contribution in [0.2, 0.25) is 5.02 Å². The summed E-state index contributed by atoms with van der Waals surface area (Å²) in [5, 5.41) is 11.4. The molecule has 33 heavy (non-hydrogen) atoms. The number of carbonyl (C=O) groups excluding carboxylic acids is 2. The number of aliphatic hydroxyl groups excluding tert-OH is 1. The van der Waals surface area contributed by atoms with Crippen LogP contribution >= 0.6 is 11.6 Å². The molecule has 1 N–H and O–H groups in total. The highest BCUT2D eigenvalue weighted by Crippen LogP contribution is 2.41. The van der Waals surface area contributed by atoms with Crippen LogP contribution in [0, 0.1) is 5.82 Å². The Morgan fingerprint density at radius 3 is 2.61 bits per heavy atom. The summed E-state index contributed by atoms with van der Waals surface area (Å²) in [6.07, 6.45) is 3.19. The van der Waals surface area contributed by atoms with Crippen LogP contribution in [-0.4, -0.2) is 33.3 Å². The number of pyridine rings is 1. The highest BCUT2D eigenvalue weighted by molar-refractivity contribution is 6.47. The van der Waals surface area contributed by atoms with Crippen LogP contribution in [-0.2, 0) is 16.1 Å². The standard InChI is InChI=1S/C25H20ClFN2O4/c1-2-33-18-9-10-20(26)19(12-18)23(30)21-22(16-5-7-17(27)8-6-16)29(25(32)24(21)31)14-15-4-3-11-28-13-15/h3-13,22,30H,2,14H2,1H3/b23-21+. The zero-order chi connectivity index (χ0) is 23.5. The molecule has 0 radical (unpaired) electrons. The fourth-order valence-corrected chi connectivity index (χ4v) is 4.02. The first-order valence-corrected chi connectivity index (χ1v) is 10.6. The predicted octanol–water partition coefficient (Wildman–Crippen LogP) is 4.89. The topological polar surface area (TPSA) is 79.7 Å². The zero-order valence-electron chi connectivity index (χ0n) is 17.7. The summed E-state index contributed by atoms with van der Waals surface area (Å²) in [5.41, 5.74) is 1.20. The molecule has 168 valence electrons. The van der Waals surface area contributed by atoms with Crippen molar-refractivity contribution in [3.8, 4) is 5.75 Å². The second-order valence-electron chi connectivity index (χ2n) is 7.41. The van der Waals surface area contributed by atoms with Gasteiger partial charge in [0, 0.05) is 24.5 Å². The Balaban J connectivity index is 1.88. The van der Waals surface area contributed by atoms with E-state index in [0.29, 0.717) is 23.5 Å². The summed E-state index contributed by atoms with van der Waals surface area (Å²) in [5.74, 6) is -2.08. The van der Waals surface area contributed by atoms with E-state index in [4.69, 9.17) is 16.3 Å². The van der Waals surface area contributed by atoms with Gasteiger partial charge in [-0.05, 0) is 54.4 Å². The third kappa shape index (κ3) is 4.45. The van der Waals surface area contributed by atoms with Gasteiger partial charge in [-0.2, -0.15) is 0 Å². The molecule has 2 aromatic carbocycles. The van der Waals surface area contributed by atoms with Crippen molar-refractivity contribution in [3.63, 3.8) is 0 Å². The number of aliphatic hydroxyl groups is 1. The Kier molecular flexibility index (Phi) is 6.42. The molecule has 0 aliphatic carbocycles. The molecule has 1 aliphatic heterocycles. The maximum absolute atomic E-state index is 13.6. The van der Waals surface area contributed by atoms with E-state index in [1.54, 1.807) is 36.7 Å². The lowest BCUT2D eigenvalue weighted by Gasteiger charge is -2.25. The smallest absolute Gasteiger partial charge is 0.295 e. The third-order valence-corrected chi connectivity index (χ3v) is 5.63. The molecule has 1 aliphatic rings. The molecule has 8 heteroatoms. The van der Waals surface area contributed by atoms with E-state index < -0.39 is 29.3 Å². The Hall–Kier alpha value is -3.71. The Morgan fingerprint density at radius 2 is 1.94 bits per heavy atom. The second kappa shape index (κ2) is 9.42. The van der Waals surface area contributed by atoms with Gasteiger partial charge in [0.25, 0.3) is 11.7 Å². The highest BCUT2D eigenvalue weighted by atomic mass is 35.5. The van der Waals surface area contributed by atoms with Crippen molar-refractivity contribution in [2.24, 2.45) is 0 Å². The molecule has 1 fully saturated rings. The van der Waals surface area contributed by atoms with E-state index in [2.05, 4.69) is 4.98 Å². The second-order valence-corrected chi connectivity index (χ2v) is 7.82. The molecular weight excluding hydrogens is 447 g/mol. The van der Waals surface area contributed by atoms with Gasteiger partial charge in [0.15, 0.2) is 0 Å². The van der Waals surface area contributed by atoms with E-state index >= 15 is 0 Å². The van der Waals surface area contributed by atoms with Crippen molar-refractivity contribution in [2.45, 2.75) is 19.5 Å². The molecule has 0 spiro atoms. The van der Waals surface area contributed by atoms with E-state index in [9.17, 15) is 19.1 Å². The SMILES string of the molecule is CCOc1ccc(Cl)c(/C(O)=C2\C(=O)C(=O)N(Cc3cccnc3)C2c2ccc(F)cc2)c1. The van der Waals surface area contributed by atoms with Gasteiger partial charge >= 0.3 is 0 Å². The molecular formula is C25H20ClFN2O4. The number of amides is 1. The van der Waals surface area contributed by atoms with Crippen LogP contribution in [0.25, 0.3) is 5.76 Å². The fourth-order valence-electron chi connectivity index (χ4n) is 3.81. The van der Waals surface area contributed by atoms with Crippen LogP contribution in [0.1, 0.15) is 29.7 Å². The highest BCUT2D eigenvalue weighted by Gasteiger charge is 2.46. The molecule has 1 unspecified atom stereocenters. The molecule has 1 amide bonds. The minimum absolute atomic E-state index is 0.0734. The van der Waals surface area contributed by atoms with E-state index in [-0.39, 0.29) is 22.7 Å². The van der Waals surface area contributed by atoms with Gasteiger partial charge in [-0.15, -0.1) is 0 Å². The molecule has 1 saturated heterocycles. The number of hydrogen-bond donors (Lipinski definition) is 1. The summed E-state index contributed by atoms with van der Waals surface area (Å²) in [4.78, 5) is 31.5. The van der Waals surface area contributed by atoms with E-state index in [1.165, 1.54) is 35.2 Å². The van der Waals surface area contributed by atoms with E-state index in [0.717, 1.165) is 0 Å². The van der Waals surface area contributed by atoms with Crippen LogP contribution < -0.4 is 4.74 Å².